The number of aromatic nitrogens is 4. The van der Waals surface area contributed by atoms with Crippen molar-refractivity contribution in [3.05, 3.63) is 43.9 Å². The Kier molecular flexibility index (Phi) is 4.95. The van der Waals surface area contributed by atoms with Crippen LogP contribution in [0.1, 0.15) is 44.2 Å². The highest BCUT2D eigenvalue weighted by atomic mass is 127. The zero-order valence-electron chi connectivity index (χ0n) is 12.0. The lowest BCUT2D eigenvalue weighted by Gasteiger charge is -2.12. The molecule has 2 aromatic rings. The van der Waals surface area contributed by atoms with Crippen LogP contribution in [0.3, 0.4) is 0 Å². The second-order valence-corrected chi connectivity index (χ2v) is 5.96. The Morgan fingerprint density at radius 2 is 2.05 bits per heavy atom. The maximum absolute atomic E-state index is 12.1. The summed E-state index contributed by atoms with van der Waals surface area (Å²) in [7, 11) is 0. The highest BCUT2D eigenvalue weighted by Gasteiger charge is 2.11. The van der Waals surface area contributed by atoms with Crippen molar-refractivity contribution in [2.45, 2.75) is 46.2 Å². The lowest BCUT2D eigenvalue weighted by molar-refractivity contribution is 0.424. The van der Waals surface area contributed by atoms with Crippen molar-refractivity contribution < 1.29 is 0 Å². The smallest absolute Gasteiger partial charge is 0.267 e. The van der Waals surface area contributed by atoms with E-state index in [1.54, 1.807) is 10.8 Å². The highest BCUT2D eigenvalue weighted by Crippen LogP contribution is 2.14. The van der Waals surface area contributed by atoms with Crippen LogP contribution >= 0.6 is 22.6 Å². The quantitative estimate of drug-likeness (QED) is 0.743. The van der Waals surface area contributed by atoms with Gasteiger partial charge in [-0.25, -0.2) is 4.98 Å². The van der Waals surface area contributed by atoms with Crippen molar-refractivity contribution in [1.29, 1.82) is 0 Å². The molecule has 0 aliphatic carbocycles. The van der Waals surface area contributed by atoms with Crippen LogP contribution in [-0.2, 0) is 6.54 Å². The Morgan fingerprint density at radius 3 is 2.70 bits per heavy atom. The van der Waals surface area contributed by atoms with Crippen LogP contribution in [0, 0.1) is 10.5 Å². The molecule has 0 aliphatic heterocycles. The van der Waals surface area contributed by atoms with Crippen molar-refractivity contribution in [1.82, 2.24) is 19.3 Å². The van der Waals surface area contributed by atoms with Crippen LogP contribution in [0.15, 0.2) is 23.3 Å². The molecule has 0 aliphatic rings. The number of aryl methyl sites for hydroxylation is 1. The zero-order chi connectivity index (χ0) is 14.7. The van der Waals surface area contributed by atoms with Crippen molar-refractivity contribution >= 4 is 22.6 Å². The van der Waals surface area contributed by atoms with Gasteiger partial charge in [0, 0.05) is 12.4 Å². The minimum absolute atomic E-state index is 0.00446. The first-order valence-electron chi connectivity index (χ1n) is 6.82. The molecule has 0 atom stereocenters. The van der Waals surface area contributed by atoms with Crippen molar-refractivity contribution in [3.8, 4) is 0 Å². The van der Waals surface area contributed by atoms with E-state index in [-0.39, 0.29) is 5.56 Å². The molecular weight excluding hydrogens is 367 g/mol. The van der Waals surface area contributed by atoms with E-state index in [0.717, 1.165) is 18.5 Å². The van der Waals surface area contributed by atoms with E-state index in [2.05, 4.69) is 23.9 Å². The molecule has 2 rings (SSSR count). The van der Waals surface area contributed by atoms with Gasteiger partial charge in [-0.1, -0.05) is 13.8 Å². The van der Waals surface area contributed by atoms with Gasteiger partial charge in [-0.3, -0.25) is 14.0 Å². The summed E-state index contributed by atoms with van der Waals surface area (Å²) in [5, 5.41) is 4.59. The Labute approximate surface area is 132 Å². The molecule has 0 fully saturated rings. The molecule has 0 unspecified atom stereocenters. The standard InChI is InChI=1S/C14H19IN4O/c1-4-12(5-2)19-7-6-11(17-19)9-18-10(3)16-8-13(15)14(18)20/h6-8,12H,4-5,9H2,1-3H3. The van der Waals surface area contributed by atoms with Gasteiger partial charge in [0.1, 0.15) is 5.82 Å². The Hall–Kier alpha value is -1.18. The summed E-state index contributed by atoms with van der Waals surface area (Å²) in [5.74, 6) is 0.715. The lowest BCUT2D eigenvalue weighted by Crippen LogP contribution is -2.26. The van der Waals surface area contributed by atoms with Crippen molar-refractivity contribution in [3.63, 3.8) is 0 Å². The van der Waals surface area contributed by atoms with Gasteiger partial charge in [-0.05, 0) is 48.4 Å². The van der Waals surface area contributed by atoms with Crippen LogP contribution in [0.5, 0.6) is 0 Å². The molecular formula is C14H19IN4O. The second-order valence-electron chi connectivity index (χ2n) is 4.80. The van der Waals surface area contributed by atoms with Gasteiger partial charge in [-0.15, -0.1) is 0 Å². The third-order valence-electron chi connectivity index (χ3n) is 3.51. The van der Waals surface area contributed by atoms with E-state index in [1.807, 2.05) is 46.5 Å². The molecule has 6 heteroatoms. The fourth-order valence-electron chi connectivity index (χ4n) is 2.23. The van der Waals surface area contributed by atoms with Crippen molar-refractivity contribution in [2.24, 2.45) is 0 Å². The monoisotopic (exact) mass is 386 g/mol. The van der Waals surface area contributed by atoms with Crippen LogP contribution in [0.25, 0.3) is 0 Å². The average molecular weight is 386 g/mol. The fraction of sp³-hybridized carbons (Fsp3) is 0.500. The first kappa shape index (κ1) is 15.2. The molecule has 0 spiro atoms. The second kappa shape index (κ2) is 6.51. The highest BCUT2D eigenvalue weighted by molar-refractivity contribution is 14.1. The van der Waals surface area contributed by atoms with Gasteiger partial charge in [0.25, 0.3) is 5.56 Å². The maximum atomic E-state index is 12.1. The van der Waals surface area contributed by atoms with Crippen LogP contribution in [0.2, 0.25) is 0 Å². The molecule has 0 bridgehead atoms. The molecule has 2 aromatic heterocycles. The first-order chi connectivity index (χ1) is 9.56. The predicted octanol–water partition coefficient (Wildman–Crippen LogP) is 2.76. The normalized spacial score (nSPS) is 11.2. The number of nitrogens with zero attached hydrogens (tertiary/aromatic N) is 4. The van der Waals surface area contributed by atoms with Gasteiger partial charge in [-0.2, -0.15) is 5.10 Å². The fourth-order valence-corrected chi connectivity index (χ4v) is 2.66. The number of halogens is 1. The average Bonchev–Trinajstić information content (AvgIpc) is 2.89. The summed E-state index contributed by atoms with van der Waals surface area (Å²) >= 11 is 2.02. The van der Waals surface area contributed by atoms with Crippen LogP contribution in [-0.4, -0.2) is 19.3 Å². The number of hydrogen-bond donors (Lipinski definition) is 0. The molecule has 0 saturated heterocycles. The minimum atomic E-state index is -0.00446. The Morgan fingerprint density at radius 1 is 1.35 bits per heavy atom. The molecule has 108 valence electrons. The molecule has 0 amide bonds. The largest absolute Gasteiger partial charge is 0.290 e. The summed E-state index contributed by atoms with van der Waals surface area (Å²) in [6, 6.07) is 2.40. The molecule has 0 aromatic carbocycles. The van der Waals surface area contributed by atoms with E-state index in [9.17, 15) is 4.79 Å². The van der Waals surface area contributed by atoms with Gasteiger partial charge in [0.2, 0.25) is 0 Å². The van der Waals surface area contributed by atoms with Gasteiger partial charge in [0.05, 0.1) is 21.9 Å². The summed E-state index contributed by atoms with van der Waals surface area (Å²) in [6.07, 6.45) is 5.72. The molecule has 0 radical (unpaired) electrons. The van der Waals surface area contributed by atoms with Crippen LogP contribution in [0.4, 0.5) is 0 Å². The van der Waals surface area contributed by atoms with E-state index in [1.165, 1.54) is 0 Å². The van der Waals surface area contributed by atoms with E-state index in [0.29, 0.717) is 22.0 Å². The first-order valence-corrected chi connectivity index (χ1v) is 7.90. The molecule has 0 N–H and O–H groups in total. The van der Waals surface area contributed by atoms with Gasteiger partial charge >= 0.3 is 0 Å². The van der Waals surface area contributed by atoms with Crippen LogP contribution < -0.4 is 5.56 Å². The molecule has 2 heterocycles. The molecule has 0 saturated carbocycles. The maximum Gasteiger partial charge on any atom is 0.267 e. The van der Waals surface area contributed by atoms with Crippen molar-refractivity contribution in [2.75, 3.05) is 0 Å². The van der Waals surface area contributed by atoms with Gasteiger partial charge < -0.3 is 0 Å². The SMILES string of the molecule is CCC(CC)n1ccc(Cn2c(C)ncc(I)c2=O)n1. The predicted molar refractivity (Wildman–Crippen MR) is 86.9 cm³/mol. The van der Waals surface area contributed by atoms with E-state index >= 15 is 0 Å². The van der Waals surface area contributed by atoms with E-state index < -0.39 is 0 Å². The summed E-state index contributed by atoms with van der Waals surface area (Å²) < 4.78 is 4.30. The van der Waals surface area contributed by atoms with Gasteiger partial charge in [0.15, 0.2) is 0 Å². The summed E-state index contributed by atoms with van der Waals surface area (Å²) in [5.41, 5.74) is 0.890. The molecule has 20 heavy (non-hydrogen) atoms. The summed E-state index contributed by atoms with van der Waals surface area (Å²) in [4.78, 5) is 16.4. The minimum Gasteiger partial charge on any atom is -0.290 e. The lowest BCUT2D eigenvalue weighted by atomic mass is 10.2. The number of rotatable bonds is 5. The zero-order valence-corrected chi connectivity index (χ0v) is 14.2. The Balaban J connectivity index is 2.28. The third-order valence-corrected chi connectivity index (χ3v) is 4.25. The topological polar surface area (TPSA) is 52.7 Å². The molecule has 5 nitrogen and oxygen atoms in total. The third kappa shape index (κ3) is 3.11. The Bertz CT molecular complexity index is 643. The number of hydrogen-bond acceptors (Lipinski definition) is 3. The summed E-state index contributed by atoms with van der Waals surface area (Å²) in [6.45, 7) is 6.64. The van der Waals surface area contributed by atoms with E-state index in [4.69, 9.17) is 0 Å².